The highest BCUT2D eigenvalue weighted by molar-refractivity contribution is 8.00. The maximum Gasteiger partial charge on any atom is 0.305 e. The van der Waals surface area contributed by atoms with Crippen LogP contribution >= 0.6 is 11.8 Å². The van der Waals surface area contributed by atoms with Crippen molar-refractivity contribution in [3.63, 3.8) is 0 Å². The molecule has 6 heteroatoms. The van der Waals surface area contributed by atoms with Gasteiger partial charge >= 0.3 is 5.97 Å². The lowest BCUT2D eigenvalue weighted by Gasteiger charge is -2.06. The number of hydrogen-bond acceptors (Lipinski definition) is 6. The highest BCUT2D eigenvalue weighted by atomic mass is 32.2. The zero-order valence-electron chi connectivity index (χ0n) is 12.2. The number of hydrogen-bond donors (Lipinski definition) is 2. The molecule has 5 nitrogen and oxygen atoms in total. The van der Waals surface area contributed by atoms with E-state index < -0.39 is 0 Å². The number of esters is 1. The van der Waals surface area contributed by atoms with Crippen LogP contribution in [0.4, 0.5) is 0 Å². The molecule has 2 N–H and O–H groups in total. The number of carbonyl (C=O) groups excluding carboxylic acids is 1. The van der Waals surface area contributed by atoms with Gasteiger partial charge in [0.25, 0.3) is 0 Å². The third-order valence-corrected chi connectivity index (χ3v) is 4.25. The van der Waals surface area contributed by atoms with Crippen molar-refractivity contribution < 1.29 is 19.8 Å². The molecule has 0 bridgehead atoms. The van der Waals surface area contributed by atoms with Gasteiger partial charge in [-0.25, -0.2) is 0 Å². The van der Waals surface area contributed by atoms with E-state index in [9.17, 15) is 9.90 Å². The Morgan fingerprint density at radius 1 is 1.18 bits per heavy atom. The predicted octanol–water partition coefficient (Wildman–Crippen LogP) is 3.42. The Labute approximate surface area is 132 Å². The summed E-state index contributed by atoms with van der Waals surface area (Å²) in [7, 11) is 1.33. The number of aromatic hydroxyl groups is 1. The first kappa shape index (κ1) is 16.2. The number of nitrogens with zero attached hydrogens (tertiary/aromatic N) is 1. The Hall–Kier alpha value is -2.21. The SMILES string of the molecule is COC(=O)CCC(CSc1ccc2cc(O)ccc2c1)=NO. The van der Waals surface area contributed by atoms with Crippen LogP contribution in [0, 0.1) is 0 Å². The van der Waals surface area contributed by atoms with Gasteiger partial charge in [0.1, 0.15) is 5.75 Å². The highest BCUT2D eigenvalue weighted by Gasteiger charge is 2.07. The first-order valence-electron chi connectivity index (χ1n) is 6.74. The lowest BCUT2D eigenvalue weighted by molar-refractivity contribution is -0.140. The molecule has 0 aliphatic carbocycles. The molecule has 22 heavy (non-hydrogen) atoms. The standard InChI is InChI=1S/C16H17NO4S/c1-21-16(19)7-4-13(17-20)10-22-15-6-3-11-8-14(18)5-2-12(11)9-15/h2-3,5-6,8-9,18,20H,4,7,10H2,1H3. The predicted molar refractivity (Wildman–Crippen MR) is 86.8 cm³/mol. The van der Waals surface area contributed by atoms with Crippen molar-refractivity contribution in [3.8, 4) is 5.75 Å². The Morgan fingerprint density at radius 3 is 2.64 bits per heavy atom. The van der Waals surface area contributed by atoms with Crippen LogP contribution in [0.2, 0.25) is 0 Å². The molecule has 0 amide bonds. The minimum Gasteiger partial charge on any atom is -0.508 e. The van der Waals surface area contributed by atoms with Crippen molar-refractivity contribution in [3.05, 3.63) is 36.4 Å². The van der Waals surface area contributed by atoms with Crippen LogP contribution < -0.4 is 0 Å². The Balaban J connectivity index is 1.98. The first-order chi connectivity index (χ1) is 10.6. The van der Waals surface area contributed by atoms with Gasteiger partial charge in [-0.2, -0.15) is 0 Å². The smallest absolute Gasteiger partial charge is 0.305 e. The number of phenols is 1. The molecule has 2 aromatic rings. The van der Waals surface area contributed by atoms with Gasteiger partial charge in [0.15, 0.2) is 0 Å². The number of thioether (sulfide) groups is 1. The molecule has 0 unspecified atom stereocenters. The summed E-state index contributed by atoms with van der Waals surface area (Å²) in [6, 6.07) is 11.1. The molecule has 0 saturated heterocycles. The van der Waals surface area contributed by atoms with E-state index in [2.05, 4.69) is 9.89 Å². The summed E-state index contributed by atoms with van der Waals surface area (Å²) < 4.78 is 4.56. The Morgan fingerprint density at radius 2 is 1.91 bits per heavy atom. The molecule has 116 valence electrons. The van der Waals surface area contributed by atoms with E-state index in [4.69, 9.17) is 5.21 Å². The topological polar surface area (TPSA) is 79.1 Å². The van der Waals surface area contributed by atoms with Gasteiger partial charge in [0, 0.05) is 17.1 Å². The molecule has 0 heterocycles. The van der Waals surface area contributed by atoms with Gasteiger partial charge in [-0.15, -0.1) is 11.8 Å². The second kappa shape index (κ2) is 7.70. The maximum absolute atomic E-state index is 11.1. The van der Waals surface area contributed by atoms with Gasteiger partial charge in [-0.05, 0) is 35.0 Å². The van der Waals surface area contributed by atoms with Crippen molar-refractivity contribution in [2.75, 3.05) is 12.9 Å². The minimum absolute atomic E-state index is 0.202. The van der Waals surface area contributed by atoms with E-state index in [0.717, 1.165) is 15.7 Å². The third-order valence-electron chi connectivity index (χ3n) is 3.19. The number of carbonyl (C=O) groups is 1. The molecular formula is C16H17NO4S. The Kier molecular flexibility index (Phi) is 5.66. The fourth-order valence-electron chi connectivity index (χ4n) is 1.97. The average molecular weight is 319 g/mol. The van der Waals surface area contributed by atoms with Crippen molar-refractivity contribution >= 4 is 34.2 Å². The molecule has 0 saturated carbocycles. The molecule has 0 aliphatic rings. The van der Waals surface area contributed by atoms with Crippen LogP contribution in [0.25, 0.3) is 10.8 Å². The molecule has 2 aromatic carbocycles. The van der Waals surface area contributed by atoms with E-state index in [1.54, 1.807) is 12.1 Å². The summed E-state index contributed by atoms with van der Waals surface area (Å²) >= 11 is 1.53. The summed E-state index contributed by atoms with van der Waals surface area (Å²) in [6.07, 6.45) is 0.574. The maximum atomic E-state index is 11.1. The number of phenolic OH excluding ortho intramolecular Hbond substituents is 1. The summed E-state index contributed by atoms with van der Waals surface area (Å²) in [5.74, 6) is 0.416. The van der Waals surface area contributed by atoms with Crippen LogP contribution in [-0.2, 0) is 9.53 Å². The molecule has 0 spiro atoms. The molecule has 0 radical (unpaired) electrons. The Bertz CT molecular complexity index is 700. The second-order valence-electron chi connectivity index (χ2n) is 4.72. The largest absolute Gasteiger partial charge is 0.508 e. The van der Waals surface area contributed by atoms with E-state index >= 15 is 0 Å². The average Bonchev–Trinajstić information content (AvgIpc) is 2.54. The summed E-state index contributed by atoms with van der Waals surface area (Å²) in [5.41, 5.74) is 0.543. The molecule has 0 fully saturated rings. The first-order valence-corrected chi connectivity index (χ1v) is 7.73. The van der Waals surface area contributed by atoms with Gasteiger partial charge in [-0.1, -0.05) is 17.3 Å². The summed E-state index contributed by atoms with van der Waals surface area (Å²) in [5, 5.41) is 23.7. The van der Waals surface area contributed by atoms with Gasteiger partial charge in [0.05, 0.1) is 19.2 Å². The van der Waals surface area contributed by atoms with E-state index in [0.29, 0.717) is 17.9 Å². The van der Waals surface area contributed by atoms with Crippen LogP contribution in [0.3, 0.4) is 0 Å². The quantitative estimate of drug-likeness (QED) is 0.280. The number of rotatable bonds is 6. The molecule has 0 atom stereocenters. The number of benzene rings is 2. The van der Waals surface area contributed by atoms with E-state index in [-0.39, 0.29) is 18.1 Å². The van der Waals surface area contributed by atoms with Gasteiger partial charge < -0.3 is 15.1 Å². The summed E-state index contributed by atoms with van der Waals surface area (Å²) in [4.78, 5) is 12.1. The lowest BCUT2D eigenvalue weighted by atomic mass is 10.1. The van der Waals surface area contributed by atoms with Crippen molar-refractivity contribution in [2.45, 2.75) is 17.7 Å². The molecule has 2 rings (SSSR count). The third kappa shape index (κ3) is 4.39. The monoisotopic (exact) mass is 319 g/mol. The number of ether oxygens (including phenoxy) is 1. The molecular weight excluding hydrogens is 302 g/mol. The number of methoxy groups -OCH3 is 1. The van der Waals surface area contributed by atoms with E-state index in [1.807, 2.05) is 24.3 Å². The van der Waals surface area contributed by atoms with Crippen molar-refractivity contribution in [2.24, 2.45) is 5.16 Å². The minimum atomic E-state index is -0.323. The lowest BCUT2D eigenvalue weighted by Crippen LogP contribution is -2.08. The second-order valence-corrected chi connectivity index (χ2v) is 5.77. The summed E-state index contributed by atoms with van der Waals surface area (Å²) in [6.45, 7) is 0. The van der Waals surface area contributed by atoms with Crippen LogP contribution in [0.1, 0.15) is 12.8 Å². The van der Waals surface area contributed by atoms with Crippen LogP contribution in [0.15, 0.2) is 46.4 Å². The normalized spacial score (nSPS) is 11.6. The zero-order valence-corrected chi connectivity index (χ0v) is 13.0. The van der Waals surface area contributed by atoms with Gasteiger partial charge in [-0.3, -0.25) is 4.79 Å². The fraction of sp³-hybridized carbons (Fsp3) is 0.250. The van der Waals surface area contributed by atoms with Crippen LogP contribution in [0.5, 0.6) is 5.75 Å². The molecule has 0 aliphatic heterocycles. The molecule has 0 aromatic heterocycles. The zero-order chi connectivity index (χ0) is 15.9. The van der Waals surface area contributed by atoms with Crippen molar-refractivity contribution in [1.29, 1.82) is 0 Å². The fourth-order valence-corrected chi connectivity index (χ4v) is 2.88. The van der Waals surface area contributed by atoms with Crippen LogP contribution in [-0.4, -0.2) is 34.9 Å². The van der Waals surface area contributed by atoms with E-state index in [1.165, 1.54) is 18.9 Å². The number of fused-ring (bicyclic) bond motifs is 1. The van der Waals surface area contributed by atoms with Gasteiger partial charge in [0.2, 0.25) is 0 Å². The highest BCUT2D eigenvalue weighted by Crippen LogP contribution is 2.26. The number of oxime groups is 1. The van der Waals surface area contributed by atoms with Crippen molar-refractivity contribution in [1.82, 2.24) is 0 Å².